The minimum Gasteiger partial charge on any atom is -0.451 e. The van der Waals surface area contributed by atoms with Crippen molar-refractivity contribution in [3.05, 3.63) is 69.7 Å². The molecule has 18 heteroatoms. The zero-order valence-electron chi connectivity index (χ0n) is 34.1. The molecule has 0 saturated carbocycles. The molecule has 16 nitrogen and oxygen atoms in total. The number of hydrogen-bond donors (Lipinski definition) is 0. The molecule has 1 aliphatic rings. The van der Waals surface area contributed by atoms with Gasteiger partial charge >= 0.3 is 23.9 Å². The molecule has 0 aromatic heterocycles. The molecule has 1 saturated heterocycles. The van der Waals surface area contributed by atoms with E-state index < -0.39 is 96.1 Å². The Morgan fingerprint density at radius 3 is 1.02 bits per heavy atom. The molecule has 58 heavy (non-hydrogen) atoms. The number of hydrogen-bond acceptors (Lipinski definition) is 12. The molecule has 2 aromatic rings. The number of carbonyl (C=O) groups excluding carboxylic acids is 8. The van der Waals surface area contributed by atoms with Gasteiger partial charge in [0.15, 0.2) is 24.4 Å². The number of cyclic esters (lactones) is 4. The highest BCUT2D eigenvalue weighted by Gasteiger charge is 2.39. The first-order valence-corrected chi connectivity index (χ1v) is 19.2. The van der Waals surface area contributed by atoms with E-state index in [0.717, 1.165) is 19.6 Å². The number of carbonyl (C=O) groups is 8. The molecular weight excluding hydrogens is 799 g/mol. The van der Waals surface area contributed by atoms with Crippen LogP contribution in [0.5, 0.6) is 0 Å². The normalized spacial score (nSPS) is 27.1. The average Bonchev–Trinajstić information content (AvgIpc) is 3.19. The predicted molar refractivity (Wildman–Crippen MR) is 210 cm³/mol. The second-order valence-corrected chi connectivity index (χ2v) is 15.1. The van der Waals surface area contributed by atoms with Crippen LogP contribution in [0, 0.1) is 0 Å². The third kappa shape index (κ3) is 11.9. The molecule has 3 rings (SSSR count). The molecular formula is C40H50Cl2N4O12. The average molecular weight is 850 g/mol. The Labute approximate surface area is 347 Å². The number of halogens is 2. The summed E-state index contributed by atoms with van der Waals surface area (Å²) in [6, 6.07) is 7.68. The fourth-order valence-corrected chi connectivity index (χ4v) is 6.09. The fourth-order valence-electron chi connectivity index (χ4n) is 5.66. The number of likely N-dealkylation sites (N-methyl/N-ethyl adjacent to an activating group) is 4. The van der Waals surface area contributed by atoms with Crippen LogP contribution < -0.4 is 0 Å². The summed E-state index contributed by atoms with van der Waals surface area (Å²) in [5.41, 5.74) is 1.02. The third-order valence-corrected chi connectivity index (χ3v) is 10.5. The van der Waals surface area contributed by atoms with Crippen LogP contribution in [0.1, 0.15) is 52.7 Å². The fraction of sp³-hybridized carbons (Fsp3) is 0.500. The second kappa shape index (κ2) is 20.5. The van der Waals surface area contributed by atoms with E-state index in [9.17, 15) is 38.4 Å². The first kappa shape index (κ1) is 47.2. The Morgan fingerprint density at radius 1 is 0.448 bits per heavy atom. The van der Waals surface area contributed by atoms with Crippen LogP contribution in [-0.2, 0) is 70.1 Å². The summed E-state index contributed by atoms with van der Waals surface area (Å²) >= 11 is 12.3. The van der Waals surface area contributed by atoms with Crippen molar-refractivity contribution in [1.29, 1.82) is 0 Å². The molecule has 8 unspecified atom stereocenters. The van der Waals surface area contributed by atoms with E-state index in [0.29, 0.717) is 21.2 Å². The van der Waals surface area contributed by atoms with Gasteiger partial charge in [0, 0.05) is 51.1 Å². The molecule has 0 aliphatic carbocycles. The van der Waals surface area contributed by atoms with E-state index in [1.807, 2.05) is 0 Å². The van der Waals surface area contributed by atoms with Gasteiger partial charge in [0.25, 0.3) is 23.6 Å². The van der Waals surface area contributed by atoms with Crippen molar-refractivity contribution < 1.29 is 57.3 Å². The Balaban J connectivity index is 2.02. The molecule has 0 bridgehead atoms. The van der Waals surface area contributed by atoms with Crippen LogP contribution in [0.15, 0.2) is 48.5 Å². The highest BCUT2D eigenvalue weighted by molar-refractivity contribution is 6.30. The second-order valence-electron chi connectivity index (χ2n) is 14.2. The van der Waals surface area contributed by atoms with Gasteiger partial charge in [0.1, 0.15) is 24.2 Å². The van der Waals surface area contributed by atoms with Gasteiger partial charge in [-0.15, -0.1) is 0 Å². The van der Waals surface area contributed by atoms with Crippen molar-refractivity contribution >= 4 is 70.7 Å². The van der Waals surface area contributed by atoms with E-state index in [2.05, 4.69) is 0 Å². The molecule has 316 valence electrons. The largest absolute Gasteiger partial charge is 0.451 e. The smallest absolute Gasteiger partial charge is 0.329 e. The maximum Gasteiger partial charge on any atom is 0.329 e. The molecule has 1 heterocycles. The van der Waals surface area contributed by atoms with Gasteiger partial charge in [-0.1, -0.05) is 47.5 Å². The minimum atomic E-state index is -1.52. The van der Waals surface area contributed by atoms with Crippen molar-refractivity contribution in [1.82, 2.24) is 19.6 Å². The van der Waals surface area contributed by atoms with Crippen molar-refractivity contribution in [2.24, 2.45) is 0 Å². The standard InChI is InChI=1S/C40H50Cl2N4O12/c1-21-37(51)55-25(5)33(47)43(7)24(4)40(54)58-32(20-28-14-12-16-30(42)18-28)36(50)46(10)22(2)38(52)56-26(6)34(48)44(8)23(3)39(53)57-31(35(49)45(21)9)19-27-13-11-15-29(41)17-27/h11-18,21-26,31-32H,19-20H2,1-10H3. The van der Waals surface area contributed by atoms with Gasteiger partial charge < -0.3 is 38.5 Å². The number of nitrogens with zero attached hydrogens (tertiary/aromatic N) is 4. The maximum atomic E-state index is 13.9. The van der Waals surface area contributed by atoms with Gasteiger partial charge in [0.2, 0.25) is 0 Å². The highest BCUT2D eigenvalue weighted by Crippen LogP contribution is 2.20. The summed E-state index contributed by atoms with van der Waals surface area (Å²) in [6.07, 6.45) is -6.30. The number of amides is 4. The summed E-state index contributed by atoms with van der Waals surface area (Å²) in [7, 11) is 5.11. The monoisotopic (exact) mass is 848 g/mol. The molecule has 2 aromatic carbocycles. The van der Waals surface area contributed by atoms with Gasteiger partial charge in [0.05, 0.1) is 0 Å². The summed E-state index contributed by atoms with van der Waals surface area (Å²) < 4.78 is 22.2. The SMILES string of the molecule is CC1OC(=O)C(C)N(C)C(=O)C(Cc2cccc(Cl)c2)OC(=O)C(C)N(C)C(=O)C(C)OC(=O)C(C)N(C)C(=O)C(Cc2cccc(Cl)c2)OC(=O)C(C)N(C)C1=O. The summed E-state index contributed by atoms with van der Waals surface area (Å²) in [4.78, 5) is 112. The molecule has 0 radical (unpaired) electrons. The van der Waals surface area contributed by atoms with E-state index in [-0.39, 0.29) is 12.8 Å². The Bertz CT molecular complexity index is 1760. The van der Waals surface area contributed by atoms with E-state index >= 15 is 0 Å². The summed E-state index contributed by atoms with van der Waals surface area (Å²) in [5, 5.41) is 0.698. The molecule has 8 atom stereocenters. The minimum absolute atomic E-state index is 0.173. The first-order valence-electron chi connectivity index (χ1n) is 18.4. The molecule has 0 N–H and O–H groups in total. The lowest BCUT2D eigenvalue weighted by molar-refractivity contribution is -0.174. The van der Waals surface area contributed by atoms with E-state index in [1.165, 1.54) is 69.7 Å². The van der Waals surface area contributed by atoms with E-state index in [1.54, 1.807) is 48.5 Å². The van der Waals surface area contributed by atoms with Gasteiger partial charge in [-0.05, 0) is 76.9 Å². The summed E-state index contributed by atoms with van der Waals surface area (Å²) in [5.74, 6) is -7.23. The van der Waals surface area contributed by atoms with Crippen LogP contribution >= 0.6 is 23.2 Å². The van der Waals surface area contributed by atoms with Crippen LogP contribution in [-0.4, -0.2) is 144 Å². The highest BCUT2D eigenvalue weighted by atomic mass is 35.5. The number of benzene rings is 2. The van der Waals surface area contributed by atoms with Gasteiger partial charge in [-0.2, -0.15) is 0 Å². The van der Waals surface area contributed by atoms with Crippen LogP contribution in [0.4, 0.5) is 0 Å². The summed E-state index contributed by atoms with van der Waals surface area (Å²) in [6.45, 7) is 7.93. The van der Waals surface area contributed by atoms with Crippen LogP contribution in [0.25, 0.3) is 0 Å². The molecule has 4 amide bonds. The van der Waals surface area contributed by atoms with Crippen molar-refractivity contribution in [2.45, 2.75) is 103 Å². The number of ether oxygens (including phenoxy) is 4. The Kier molecular flexibility index (Phi) is 16.6. The molecule has 0 spiro atoms. The lowest BCUT2D eigenvalue weighted by Gasteiger charge is -2.32. The zero-order valence-corrected chi connectivity index (χ0v) is 35.6. The van der Waals surface area contributed by atoms with Crippen molar-refractivity contribution in [3.8, 4) is 0 Å². The number of rotatable bonds is 4. The topological polar surface area (TPSA) is 186 Å². The van der Waals surface area contributed by atoms with Gasteiger partial charge in [-0.3, -0.25) is 19.2 Å². The Hall–Kier alpha value is -5.22. The number of esters is 4. The Morgan fingerprint density at radius 2 is 0.724 bits per heavy atom. The first-order chi connectivity index (χ1) is 27.0. The predicted octanol–water partition coefficient (Wildman–Crippen LogP) is 2.87. The quantitative estimate of drug-likeness (QED) is 0.324. The van der Waals surface area contributed by atoms with Crippen molar-refractivity contribution in [3.63, 3.8) is 0 Å². The van der Waals surface area contributed by atoms with Crippen molar-refractivity contribution in [2.75, 3.05) is 28.2 Å². The van der Waals surface area contributed by atoms with Gasteiger partial charge in [-0.25, -0.2) is 19.2 Å². The van der Waals surface area contributed by atoms with Crippen LogP contribution in [0.3, 0.4) is 0 Å². The maximum absolute atomic E-state index is 13.9. The van der Waals surface area contributed by atoms with E-state index in [4.69, 9.17) is 42.1 Å². The lowest BCUT2D eigenvalue weighted by atomic mass is 10.1. The molecule has 1 aliphatic heterocycles. The molecule has 1 fully saturated rings. The van der Waals surface area contributed by atoms with Crippen LogP contribution in [0.2, 0.25) is 10.0 Å². The lowest BCUT2D eigenvalue weighted by Crippen LogP contribution is -2.53. The third-order valence-electron chi connectivity index (χ3n) is 10.0. The zero-order chi connectivity index (χ0) is 43.8.